The van der Waals surface area contributed by atoms with Gasteiger partial charge in [-0.05, 0) is 58.1 Å². The van der Waals surface area contributed by atoms with E-state index in [-0.39, 0.29) is 12.5 Å². The van der Waals surface area contributed by atoms with E-state index < -0.39 is 12.0 Å². The van der Waals surface area contributed by atoms with Crippen LogP contribution in [0.2, 0.25) is 0 Å². The molecule has 1 fully saturated rings. The van der Waals surface area contributed by atoms with Gasteiger partial charge in [-0.2, -0.15) is 0 Å². The number of piperidine rings is 1. The van der Waals surface area contributed by atoms with E-state index in [0.29, 0.717) is 5.92 Å². The topological polar surface area (TPSA) is 60.9 Å². The maximum Gasteiger partial charge on any atom is 0.320 e. The summed E-state index contributed by atoms with van der Waals surface area (Å²) >= 11 is 0. The van der Waals surface area contributed by atoms with Gasteiger partial charge in [-0.15, -0.1) is 0 Å². The molecular weight excluding hydrogens is 316 g/mol. The first-order valence-corrected chi connectivity index (χ1v) is 9.13. The smallest absolute Gasteiger partial charge is 0.320 e. The molecular formula is C20H30N2O3. The maximum atomic E-state index is 12.3. The van der Waals surface area contributed by atoms with Crippen LogP contribution in [0.4, 0.5) is 0 Å². The molecule has 1 heterocycles. The first-order valence-electron chi connectivity index (χ1n) is 9.13. The minimum atomic E-state index is -0.898. The van der Waals surface area contributed by atoms with Gasteiger partial charge in [0, 0.05) is 13.1 Å². The minimum Gasteiger partial charge on any atom is -0.480 e. The van der Waals surface area contributed by atoms with E-state index in [2.05, 4.69) is 31.2 Å². The van der Waals surface area contributed by atoms with Crippen LogP contribution in [0.25, 0.3) is 0 Å². The van der Waals surface area contributed by atoms with Crippen LogP contribution in [-0.4, -0.2) is 59.5 Å². The molecule has 1 aliphatic heterocycles. The van der Waals surface area contributed by atoms with Crippen molar-refractivity contribution in [3.05, 3.63) is 35.4 Å². The molecule has 1 aromatic carbocycles. The van der Waals surface area contributed by atoms with E-state index in [1.807, 2.05) is 4.90 Å². The fourth-order valence-corrected chi connectivity index (χ4v) is 3.24. The summed E-state index contributed by atoms with van der Waals surface area (Å²) in [4.78, 5) is 26.8. The zero-order valence-corrected chi connectivity index (χ0v) is 15.6. The molecule has 1 N–H and O–H groups in total. The van der Waals surface area contributed by atoms with Crippen LogP contribution in [0.1, 0.15) is 37.3 Å². The average Bonchev–Trinajstić information content (AvgIpc) is 2.60. The van der Waals surface area contributed by atoms with Crippen molar-refractivity contribution >= 4 is 11.9 Å². The van der Waals surface area contributed by atoms with E-state index in [1.54, 1.807) is 18.9 Å². The Balaban J connectivity index is 1.72. The van der Waals surface area contributed by atoms with Gasteiger partial charge < -0.3 is 10.0 Å². The molecule has 138 valence electrons. The van der Waals surface area contributed by atoms with Crippen molar-refractivity contribution < 1.29 is 14.7 Å². The number of hydrogen-bond acceptors (Lipinski definition) is 3. The molecule has 0 radical (unpaired) electrons. The van der Waals surface area contributed by atoms with Crippen LogP contribution >= 0.6 is 0 Å². The van der Waals surface area contributed by atoms with Crippen molar-refractivity contribution in [1.29, 1.82) is 0 Å². The first kappa shape index (κ1) is 19.4. The highest BCUT2D eigenvalue weighted by Crippen LogP contribution is 2.22. The molecule has 5 nitrogen and oxygen atoms in total. The third-order valence-corrected chi connectivity index (χ3v) is 5.33. The highest BCUT2D eigenvalue weighted by molar-refractivity contribution is 5.80. The third-order valence-electron chi connectivity index (χ3n) is 5.33. The molecule has 2 rings (SSSR count). The lowest BCUT2D eigenvalue weighted by molar-refractivity contribution is -0.143. The summed E-state index contributed by atoms with van der Waals surface area (Å²) in [6, 6.07) is 8.08. The predicted octanol–water partition coefficient (Wildman–Crippen LogP) is 2.57. The second-order valence-corrected chi connectivity index (χ2v) is 7.28. The fraction of sp³-hybridized carbons (Fsp3) is 0.600. The molecule has 0 spiro atoms. The standard InChI is InChI=1S/C20H30N2O3/c1-15-4-6-17(7-5-15)8-9-18-10-12-22(13-11-18)19(23)14-21(3)16(2)20(24)25/h4-7,16,18H,8-14H2,1-3H3,(H,24,25). The van der Waals surface area contributed by atoms with Crippen LogP contribution in [0.3, 0.4) is 0 Å². The van der Waals surface area contributed by atoms with Crippen LogP contribution in [0.5, 0.6) is 0 Å². The number of benzene rings is 1. The number of hydrogen-bond donors (Lipinski definition) is 1. The molecule has 0 bridgehead atoms. The van der Waals surface area contributed by atoms with Crippen LogP contribution in [0, 0.1) is 12.8 Å². The van der Waals surface area contributed by atoms with Crippen molar-refractivity contribution in [3.8, 4) is 0 Å². The van der Waals surface area contributed by atoms with Crippen molar-refractivity contribution in [3.63, 3.8) is 0 Å². The average molecular weight is 346 g/mol. The summed E-state index contributed by atoms with van der Waals surface area (Å²) in [7, 11) is 1.69. The van der Waals surface area contributed by atoms with Gasteiger partial charge in [-0.25, -0.2) is 0 Å². The van der Waals surface area contributed by atoms with E-state index in [4.69, 9.17) is 5.11 Å². The number of rotatable bonds is 7. The summed E-state index contributed by atoms with van der Waals surface area (Å²) in [6.45, 7) is 5.44. The Labute approximate surface area is 150 Å². The number of carbonyl (C=O) groups excluding carboxylic acids is 1. The molecule has 1 aliphatic rings. The second kappa shape index (κ2) is 8.99. The molecule has 1 atom stereocenters. The van der Waals surface area contributed by atoms with Crippen molar-refractivity contribution in [2.24, 2.45) is 5.92 Å². The molecule has 0 saturated carbocycles. The van der Waals surface area contributed by atoms with E-state index >= 15 is 0 Å². The third kappa shape index (κ3) is 5.85. The molecule has 1 aromatic rings. The Morgan fingerprint density at radius 3 is 2.40 bits per heavy atom. The van der Waals surface area contributed by atoms with E-state index in [1.165, 1.54) is 17.5 Å². The van der Waals surface area contributed by atoms with Gasteiger partial charge in [0.15, 0.2) is 0 Å². The molecule has 25 heavy (non-hydrogen) atoms. The quantitative estimate of drug-likeness (QED) is 0.824. The summed E-state index contributed by atoms with van der Waals surface area (Å²) < 4.78 is 0. The predicted molar refractivity (Wildman–Crippen MR) is 98.5 cm³/mol. The number of likely N-dealkylation sites (N-methyl/N-ethyl adjacent to an activating group) is 1. The highest BCUT2D eigenvalue weighted by atomic mass is 16.4. The fourth-order valence-electron chi connectivity index (χ4n) is 3.24. The number of carboxylic acids is 1. The lowest BCUT2D eigenvalue weighted by atomic mass is 9.90. The molecule has 0 aromatic heterocycles. The monoisotopic (exact) mass is 346 g/mol. The minimum absolute atomic E-state index is 0.0348. The SMILES string of the molecule is Cc1ccc(CCC2CCN(C(=O)CN(C)C(C)C(=O)O)CC2)cc1. The molecule has 1 unspecified atom stereocenters. The van der Waals surface area contributed by atoms with Gasteiger partial charge in [0.2, 0.25) is 5.91 Å². The van der Waals surface area contributed by atoms with Gasteiger partial charge in [-0.1, -0.05) is 29.8 Å². The van der Waals surface area contributed by atoms with Crippen LogP contribution in [-0.2, 0) is 16.0 Å². The summed E-state index contributed by atoms with van der Waals surface area (Å²) in [5.41, 5.74) is 2.67. The van der Waals surface area contributed by atoms with E-state index in [0.717, 1.165) is 32.4 Å². The Bertz CT molecular complexity index is 577. The lowest BCUT2D eigenvalue weighted by Crippen LogP contribution is -2.46. The Morgan fingerprint density at radius 1 is 1.24 bits per heavy atom. The van der Waals surface area contributed by atoms with Crippen LogP contribution in [0.15, 0.2) is 24.3 Å². The molecule has 1 saturated heterocycles. The largest absolute Gasteiger partial charge is 0.480 e. The number of carboxylic acid groups (broad SMARTS) is 1. The summed E-state index contributed by atoms with van der Waals surface area (Å²) in [5, 5.41) is 9.01. The van der Waals surface area contributed by atoms with E-state index in [9.17, 15) is 9.59 Å². The number of likely N-dealkylation sites (tertiary alicyclic amines) is 1. The van der Waals surface area contributed by atoms with Crippen LogP contribution < -0.4 is 0 Å². The van der Waals surface area contributed by atoms with Gasteiger partial charge in [-0.3, -0.25) is 14.5 Å². The van der Waals surface area contributed by atoms with Gasteiger partial charge in [0.05, 0.1) is 6.54 Å². The maximum absolute atomic E-state index is 12.3. The Morgan fingerprint density at radius 2 is 1.84 bits per heavy atom. The zero-order valence-electron chi connectivity index (χ0n) is 15.6. The lowest BCUT2D eigenvalue weighted by Gasteiger charge is -2.33. The van der Waals surface area contributed by atoms with Crippen molar-refractivity contribution in [2.45, 2.75) is 45.6 Å². The Hall–Kier alpha value is -1.88. The zero-order chi connectivity index (χ0) is 18.4. The van der Waals surface area contributed by atoms with Gasteiger partial charge in [0.25, 0.3) is 0 Å². The normalized spacial score (nSPS) is 16.9. The van der Waals surface area contributed by atoms with Crippen molar-refractivity contribution in [1.82, 2.24) is 9.80 Å². The molecule has 5 heteroatoms. The second-order valence-electron chi connectivity index (χ2n) is 7.28. The summed E-state index contributed by atoms with van der Waals surface area (Å²) in [6.07, 6.45) is 4.34. The van der Waals surface area contributed by atoms with Gasteiger partial charge in [0.1, 0.15) is 6.04 Å². The number of carbonyl (C=O) groups is 2. The number of aliphatic carboxylic acids is 1. The number of amides is 1. The number of nitrogens with zero attached hydrogens (tertiary/aromatic N) is 2. The van der Waals surface area contributed by atoms with Gasteiger partial charge >= 0.3 is 5.97 Å². The first-order chi connectivity index (χ1) is 11.9. The molecule has 0 aliphatic carbocycles. The number of aryl methyl sites for hydroxylation is 2. The Kier molecular flexibility index (Phi) is 7.00. The molecule has 1 amide bonds. The highest BCUT2D eigenvalue weighted by Gasteiger charge is 2.25. The summed E-state index contributed by atoms with van der Waals surface area (Å²) in [5.74, 6) is -0.196. The van der Waals surface area contributed by atoms with Crippen molar-refractivity contribution in [2.75, 3.05) is 26.7 Å².